The normalized spacial score (nSPS) is 15.3. The lowest BCUT2D eigenvalue weighted by Crippen LogP contribution is -2.06. The summed E-state index contributed by atoms with van der Waals surface area (Å²) in [5, 5.41) is 1.88. The SMILES string of the molecule is Clc1ccc(C2CC(c3ccc(OCc4ccc(Cl)nc4)cc3)=Nc3ccccc3S2)c(Cl)c1. The monoisotopic (exact) mass is 524 g/mol. The average Bonchev–Trinajstić information content (AvgIpc) is 3.04. The number of benzene rings is 3. The topological polar surface area (TPSA) is 34.5 Å². The number of ether oxygens (including phenoxy) is 1. The van der Waals surface area contributed by atoms with Crippen LogP contribution in [-0.2, 0) is 6.61 Å². The van der Waals surface area contributed by atoms with Gasteiger partial charge in [0.15, 0.2) is 0 Å². The molecule has 1 atom stereocenters. The van der Waals surface area contributed by atoms with E-state index in [2.05, 4.69) is 11.1 Å². The molecule has 0 bridgehead atoms. The Kier molecular flexibility index (Phi) is 7.12. The van der Waals surface area contributed by atoms with Gasteiger partial charge in [-0.3, -0.25) is 4.99 Å². The van der Waals surface area contributed by atoms with Crippen LogP contribution in [0.25, 0.3) is 0 Å². The van der Waals surface area contributed by atoms with Crippen molar-refractivity contribution in [3.8, 4) is 5.75 Å². The Bertz CT molecular complexity index is 1340. The number of aromatic nitrogens is 1. The van der Waals surface area contributed by atoms with Crippen molar-refractivity contribution in [3.05, 3.63) is 117 Å². The van der Waals surface area contributed by atoms with Crippen LogP contribution in [-0.4, -0.2) is 10.7 Å². The fraction of sp³-hybridized carbons (Fsp3) is 0.111. The number of rotatable bonds is 5. The summed E-state index contributed by atoms with van der Waals surface area (Å²) in [6, 6.07) is 25.6. The maximum absolute atomic E-state index is 6.59. The third-order valence-corrected chi connectivity index (χ3v) is 7.55. The molecule has 0 amide bonds. The third kappa shape index (κ3) is 5.42. The average molecular weight is 526 g/mol. The highest BCUT2D eigenvalue weighted by atomic mass is 35.5. The molecule has 0 saturated carbocycles. The molecule has 1 aliphatic rings. The lowest BCUT2D eigenvalue weighted by Gasteiger charge is -2.18. The molecule has 0 saturated heterocycles. The van der Waals surface area contributed by atoms with Gasteiger partial charge in [0.05, 0.1) is 5.69 Å². The number of pyridine rings is 1. The Morgan fingerprint density at radius 3 is 2.50 bits per heavy atom. The molecule has 34 heavy (non-hydrogen) atoms. The first kappa shape index (κ1) is 23.3. The third-order valence-electron chi connectivity index (χ3n) is 5.46. The number of para-hydroxylation sites is 1. The first-order valence-electron chi connectivity index (χ1n) is 10.7. The molecule has 5 rings (SSSR count). The van der Waals surface area contributed by atoms with E-state index in [-0.39, 0.29) is 5.25 Å². The molecule has 1 unspecified atom stereocenters. The van der Waals surface area contributed by atoms with Crippen LogP contribution < -0.4 is 4.74 Å². The van der Waals surface area contributed by atoms with Gasteiger partial charge in [0.2, 0.25) is 0 Å². The molecule has 0 radical (unpaired) electrons. The van der Waals surface area contributed by atoms with Crippen LogP contribution >= 0.6 is 46.6 Å². The van der Waals surface area contributed by atoms with Crippen molar-refractivity contribution in [2.75, 3.05) is 0 Å². The van der Waals surface area contributed by atoms with Crippen molar-refractivity contribution >= 4 is 58.0 Å². The molecule has 3 aromatic carbocycles. The lowest BCUT2D eigenvalue weighted by atomic mass is 10.0. The molecule has 1 aliphatic heterocycles. The second kappa shape index (κ2) is 10.4. The smallest absolute Gasteiger partial charge is 0.129 e. The summed E-state index contributed by atoms with van der Waals surface area (Å²) in [6.45, 7) is 0.422. The van der Waals surface area contributed by atoms with Gasteiger partial charge in [0, 0.05) is 44.1 Å². The largest absolute Gasteiger partial charge is 0.489 e. The Labute approximate surface area is 217 Å². The molecule has 0 N–H and O–H groups in total. The molecule has 3 nitrogen and oxygen atoms in total. The van der Waals surface area contributed by atoms with E-state index in [4.69, 9.17) is 44.5 Å². The van der Waals surface area contributed by atoms with Crippen molar-refractivity contribution in [1.82, 2.24) is 4.98 Å². The second-order valence-corrected chi connectivity index (χ2v) is 10.3. The van der Waals surface area contributed by atoms with E-state index in [1.807, 2.05) is 60.7 Å². The van der Waals surface area contributed by atoms with Gasteiger partial charge in [0.25, 0.3) is 0 Å². The molecule has 170 valence electrons. The van der Waals surface area contributed by atoms with E-state index < -0.39 is 0 Å². The van der Waals surface area contributed by atoms with E-state index >= 15 is 0 Å². The quantitative estimate of drug-likeness (QED) is 0.244. The highest BCUT2D eigenvalue weighted by Gasteiger charge is 2.24. The Balaban J connectivity index is 1.40. The van der Waals surface area contributed by atoms with Gasteiger partial charge < -0.3 is 4.74 Å². The highest BCUT2D eigenvalue weighted by Crippen LogP contribution is 2.47. The van der Waals surface area contributed by atoms with Gasteiger partial charge in [-0.05, 0) is 65.7 Å². The molecular formula is C27H19Cl3N2OS. The van der Waals surface area contributed by atoms with Gasteiger partial charge in [-0.2, -0.15) is 0 Å². The van der Waals surface area contributed by atoms with Crippen molar-refractivity contribution in [2.24, 2.45) is 4.99 Å². The Morgan fingerprint density at radius 1 is 0.912 bits per heavy atom. The fourth-order valence-electron chi connectivity index (χ4n) is 3.73. The van der Waals surface area contributed by atoms with E-state index in [0.29, 0.717) is 21.8 Å². The van der Waals surface area contributed by atoms with Crippen molar-refractivity contribution < 1.29 is 4.74 Å². The van der Waals surface area contributed by atoms with Crippen LogP contribution in [0.3, 0.4) is 0 Å². The molecule has 2 heterocycles. The van der Waals surface area contributed by atoms with Crippen LogP contribution in [0, 0.1) is 0 Å². The highest BCUT2D eigenvalue weighted by molar-refractivity contribution is 7.99. The number of hydrogen-bond acceptors (Lipinski definition) is 4. The molecule has 0 spiro atoms. The summed E-state index contributed by atoms with van der Waals surface area (Å²) in [5.74, 6) is 0.778. The molecular weight excluding hydrogens is 507 g/mol. The predicted molar refractivity (Wildman–Crippen MR) is 142 cm³/mol. The zero-order chi connectivity index (χ0) is 23.5. The molecule has 4 aromatic rings. The van der Waals surface area contributed by atoms with Crippen molar-refractivity contribution in [3.63, 3.8) is 0 Å². The molecule has 1 aromatic heterocycles. The lowest BCUT2D eigenvalue weighted by molar-refractivity contribution is 0.306. The predicted octanol–water partition coefficient (Wildman–Crippen LogP) is 8.98. The van der Waals surface area contributed by atoms with E-state index in [0.717, 1.165) is 45.2 Å². The fourth-order valence-corrected chi connectivity index (χ4v) is 5.72. The molecule has 0 fully saturated rings. The first-order valence-corrected chi connectivity index (χ1v) is 12.7. The van der Waals surface area contributed by atoms with Gasteiger partial charge in [-0.25, -0.2) is 4.98 Å². The van der Waals surface area contributed by atoms with E-state index in [1.54, 1.807) is 30.1 Å². The minimum atomic E-state index is 0.112. The summed E-state index contributed by atoms with van der Waals surface area (Å²) < 4.78 is 5.92. The summed E-state index contributed by atoms with van der Waals surface area (Å²) in [5.41, 5.74) is 5.02. The Hall–Kier alpha value is -2.50. The number of aliphatic imine (C=N–C) groups is 1. The van der Waals surface area contributed by atoms with Gasteiger partial charge in [-0.1, -0.05) is 59.1 Å². The van der Waals surface area contributed by atoms with Crippen molar-refractivity contribution in [2.45, 2.75) is 23.2 Å². The van der Waals surface area contributed by atoms with E-state index in [9.17, 15) is 0 Å². The van der Waals surface area contributed by atoms with Gasteiger partial charge in [0.1, 0.15) is 17.5 Å². The first-order chi connectivity index (χ1) is 16.5. The minimum Gasteiger partial charge on any atom is -0.489 e. The van der Waals surface area contributed by atoms with E-state index in [1.165, 1.54) is 0 Å². The van der Waals surface area contributed by atoms with Gasteiger partial charge >= 0.3 is 0 Å². The summed E-state index contributed by atoms with van der Waals surface area (Å²) in [6.07, 6.45) is 2.45. The Morgan fingerprint density at radius 2 is 1.74 bits per heavy atom. The number of fused-ring (bicyclic) bond motifs is 1. The standard InChI is InChI=1S/C27H19Cl3N2OS/c28-19-8-11-21(22(29)13-19)26-14-24(32-23-3-1-2-4-25(23)34-26)18-6-9-20(10-7-18)33-16-17-5-12-27(30)31-15-17/h1-13,15,26H,14,16H2. The molecule has 7 heteroatoms. The number of nitrogens with zero attached hydrogens (tertiary/aromatic N) is 2. The maximum Gasteiger partial charge on any atom is 0.129 e. The van der Waals surface area contributed by atoms with Gasteiger partial charge in [-0.15, -0.1) is 11.8 Å². The van der Waals surface area contributed by atoms with Crippen LogP contribution in [0.1, 0.15) is 28.4 Å². The van der Waals surface area contributed by atoms with Crippen molar-refractivity contribution in [1.29, 1.82) is 0 Å². The van der Waals surface area contributed by atoms with Crippen LogP contribution in [0.2, 0.25) is 15.2 Å². The van der Waals surface area contributed by atoms with Crippen LogP contribution in [0.15, 0.2) is 94.9 Å². The minimum absolute atomic E-state index is 0.112. The summed E-state index contributed by atoms with van der Waals surface area (Å²) in [7, 11) is 0. The zero-order valence-corrected chi connectivity index (χ0v) is 21.0. The maximum atomic E-state index is 6.59. The number of halogens is 3. The summed E-state index contributed by atoms with van der Waals surface area (Å²) >= 11 is 20.4. The zero-order valence-electron chi connectivity index (χ0n) is 17.9. The number of hydrogen-bond donors (Lipinski definition) is 0. The van der Waals surface area contributed by atoms with Crippen LogP contribution in [0.5, 0.6) is 5.75 Å². The number of thioether (sulfide) groups is 1. The van der Waals surface area contributed by atoms with Crippen LogP contribution in [0.4, 0.5) is 5.69 Å². The molecule has 0 aliphatic carbocycles. The second-order valence-electron chi connectivity index (χ2n) is 7.80. The summed E-state index contributed by atoms with van der Waals surface area (Å²) in [4.78, 5) is 10.2.